The van der Waals surface area contributed by atoms with Gasteiger partial charge in [0.1, 0.15) is 17.6 Å². The first kappa shape index (κ1) is 26.7. The number of carbonyl (C=O) groups excluding carboxylic acids is 3. The van der Waals surface area contributed by atoms with Gasteiger partial charge in [0.25, 0.3) is 5.91 Å². The lowest BCUT2D eigenvalue weighted by atomic mass is 9.97. The van der Waals surface area contributed by atoms with E-state index in [1.54, 1.807) is 44.4 Å². The number of rotatable bonds is 9. The molecule has 0 aliphatic heterocycles. The molecule has 1 aliphatic carbocycles. The van der Waals surface area contributed by atoms with E-state index < -0.39 is 17.9 Å². The van der Waals surface area contributed by atoms with E-state index in [0.717, 1.165) is 43.4 Å². The zero-order valence-electron chi connectivity index (χ0n) is 21.8. The van der Waals surface area contributed by atoms with Crippen LogP contribution in [-0.4, -0.2) is 36.0 Å². The number of benzene rings is 2. The minimum Gasteiger partial charge on any atom is -0.497 e. The molecule has 0 bridgehead atoms. The lowest BCUT2D eigenvalue weighted by Crippen LogP contribution is -2.46. The summed E-state index contributed by atoms with van der Waals surface area (Å²) >= 11 is 0. The summed E-state index contributed by atoms with van der Waals surface area (Å²) < 4.78 is 10.2. The number of aryl methyl sites for hydroxylation is 2. The molecule has 1 aliphatic rings. The van der Waals surface area contributed by atoms with Crippen LogP contribution in [0.15, 0.2) is 71.3 Å². The van der Waals surface area contributed by atoms with Gasteiger partial charge in [-0.25, -0.2) is 0 Å². The maximum Gasteiger partial charge on any atom is 0.252 e. The minimum atomic E-state index is -0.955. The van der Waals surface area contributed by atoms with Crippen LogP contribution in [0.25, 0.3) is 0 Å². The fraction of sp³-hybridized carbons (Fsp3) is 0.310. The van der Waals surface area contributed by atoms with E-state index in [-0.39, 0.29) is 17.8 Å². The van der Waals surface area contributed by atoms with E-state index >= 15 is 0 Å². The zero-order chi connectivity index (χ0) is 27.1. The topological polar surface area (TPSA) is 114 Å². The lowest BCUT2D eigenvalue weighted by Gasteiger charge is -2.32. The molecule has 3 aromatic rings. The third kappa shape index (κ3) is 6.47. The van der Waals surface area contributed by atoms with Crippen molar-refractivity contribution in [2.75, 3.05) is 17.3 Å². The Kier molecular flexibility index (Phi) is 8.58. The predicted octanol–water partition coefficient (Wildman–Crippen LogP) is 4.63. The first-order valence-electron chi connectivity index (χ1n) is 12.6. The number of nitrogens with one attached hydrogen (secondary N) is 2. The Morgan fingerprint density at radius 3 is 2.39 bits per heavy atom. The van der Waals surface area contributed by atoms with Crippen LogP contribution in [0.2, 0.25) is 0 Å². The van der Waals surface area contributed by atoms with Crippen LogP contribution in [-0.2, 0) is 14.4 Å². The van der Waals surface area contributed by atoms with Crippen molar-refractivity contribution in [3.8, 4) is 5.75 Å². The van der Waals surface area contributed by atoms with Crippen molar-refractivity contribution >= 4 is 29.2 Å². The molecule has 1 atom stereocenters. The van der Waals surface area contributed by atoms with Crippen molar-refractivity contribution in [2.45, 2.75) is 51.6 Å². The Labute approximate surface area is 221 Å². The van der Waals surface area contributed by atoms with E-state index in [2.05, 4.69) is 15.8 Å². The van der Waals surface area contributed by atoms with Gasteiger partial charge in [-0.2, -0.15) is 0 Å². The highest BCUT2D eigenvalue weighted by Gasteiger charge is 2.34. The lowest BCUT2D eigenvalue weighted by molar-refractivity contribution is -0.125. The van der Waals surface area contributed by atoms with Crippen LogP contribution in [0, 0.1) is 13.8 Å². The fourth-order valence-electron chi connectivity index (χ4n) is 4.61. The first-order chi connectivity index (χ1) is 18.4. The van der Waals surface area contributed by atoms with Gasteiger partial charge in [0.15, 0.2) is 5.82 Å². The van der Waals surface area contributed by atoms with E-state index in [1.165, 1.54) is 4.90 Å². The summed E-state index contributed by atoms with van der Waals surface area (Å²) in [6.45, 7) is 3.61. The normalized spacial score (nSPS) is 14.3. The second kappa shape index (κ2) is 12.2. The molecule has 0 saturated heterocycles. The standard InChI is InChI=1S/C29H32N4O5/c1-19-8-4-7-11-24(19)28(29(36)30-21-9-5-6-10-21)33(22-12-14-23(37-3)15-13-22)27(35)17-16-26(34)31-25-18-20(2)38-32-25/h4,7-8,11-18,21,28H,5-6,9-10H2,1-3H3,(H,30,36)(H,31,32,34)/b17-16+/t28-/m1/s1. The molecule has 0 spiro atoms. The summed E-state index contributed by atoms with van der Waals surface area (Å²) in [5.41, 5.74) is 2.06. The van der Waals surface area contributed by atoms with Gasteiger partial charge in [-0.3, -0.25) is 19.3 Å². The second-order valence-electron chi connectivity index (χ2n) is 9.30. The Morgan fingerprint density at radius 2 is 1.76 bits per heavy atom. The molecule has 1 aromatic heterocycles. The van der Waals surface area contributed by atoms with Gasteiger partial charge in [-0.15, -0.1) is 0 Å². The number of amides is 3. The average molecular weight is 517 g/mol. The Balaban J connectivity index is 1.70. The highest BCUT2D eigenvalue weighted by atomic mass is 16.5. The highest BCUT2D eigenvalue weighted by molar-refractivity contribution is 6.10. The van der Waals surface area contributed by atoms with Gasteiger partial charge in [0, 0.05) is 29.9 Å². The minimum absolute atomic E-state index is 0.0640. The number of carbonyl (C=O) groups is 3. The van der Waals surface area contributed by atoms with E-state index in [1.807, 2.05) is 31.2 Å². The number of hydrogen-bond donors (Lipinski definition) is 2. The summed E-state index contributed by atoms with van der Waals surface area (Å²) in [6.07, 6.45) is 6.20. The third-order valence-corrected chi connectivity index (χ3v) is 6.54. The van der Waals surface area contributed by atoms with Crippen LogP contribution in [0.3, 0.4) is 0 Å². The smallest absolute Gasteiger partial charge is 0.252 e. The molecule has 9 nitrogen and oxygen atoms in total. The molecular weight excluding hydrogens is 484 g/mol. The van der Waals surface area contributed by atoms with Gasteiger partial charge in [-0.05, 0) is 62.1 Å². The number of methoxy groups -OCH3 is 1. The molecule has 198 valence electrons. The maximum atomic E-state index is 13.8. The molecule has 0 unspecified atom stereocenters. The monoisotopic (exact) mass is 516 g/mol. The second-order valence-corrected chi connectivity index (χ2v) is 9.30. The number of nitrogens with zero attached hydrogens (tertiary/aromatic N) is 2. The van der Waals surface area contributed by atoms with Crippen LogP contribution < -0.4 is 20.3 Å². The number of aromatic nitrogens is 1. The van der Waals surface area contributed by atoms with Crippen molar-refractivity contribution in [1.82, 2.24) is 10.5 Å². The Morgan fingerprint density at radius 1 is 1.05 bits per heavy atom. The largest absolute Gasteiger partial charge is 0.497 e. The molecular formula is C29H32N4O5. The zero-order valence-corrected chi connectivity index (χ0v) is 21.8. The van der Waals surface area contributed by atoms with E-state index in [0.29, 0.717) is 22.8 Å². The van der Waals surface area contributed by atoms with Crippen molar-refractivity contribution in [3.05, 3.63) is 83.6 Å². The molecule has 38 heavy (non-hydrogen) atoms. The van der Waals surface area contributed by atoms with Crippen LogP contribution >= 0.6 is 0 Å². The fourth-order valence-corrected chi connectivity index (χ4v) is 4.61. The highest BCUT2D eigenvalue weighted by Crippen LogP contribution is 2.32. The van der Waals surface area contributed by atoms with Gasteiger partial charge in [0.2, 0.25) is 11.8 Å². The van der Waals surface area contributed by atoms with Gasteiger partial charge in [0.05, 0.1) is 7.11 Å². The molecule has 9 heteroatoms. The van der Waals surface area contributed by atoms with Crippen molar-refractivity contribution < 1.29 is 23.6 Å². The van der Waals surface area contributed by atoms with Crippen LogP contribution in [0.4, 0.5) is 11.5 Å². The van der Waals surface area contributed by atoms with Crippen molar-refractivity contribution in [2.24, 2.45) is 0 Å². The Hall–Kier alpha value is -4.40. The van der Waals surface area contributed by atoms with Crippen molar-refractivity contribution in [3.63, 3.8) is 0 Å². The summed E-state index contributed by atoms with van der Waals surface area (Å²) in [4.78, 5) is 41.5. The number of hydrogen-bond acceptors (Lipinski definition) is 6. The predicted molar refractivity (Wildman–Crippen MR) is 144 cm³/mol. The van der Waals surface area contributed by atoms with E-state index in [9.17, 15) is 14.4 Å². The van der Waals surface area contributed by atoms with Gasteiger partial charge < -0.3 is 19.9 Å². The summed E-state index contributed by atoms with van der Waals surface area (Å²) in [5, 5.41) is 9.44. The van der Waals surface area contributed by atoms with Gasteiger partial charge >= 0.3 is 0 Å². The first-order valence-corrected chi connectivity index (χ1v) is 12.6. The summed E-state index contributed by atoms with van der Waals surface area (Å²) in [5.74, 6) is 0.0412. The molecule has 4 rings (SSSR count). The van der Waals surface area contributed by atoms with E-state index in [4.69, 9.17) is 9.26 Å². The molecule has 2 N–H and O–H groups in total. The van der Waals surface area contributed by atoms with Crippen molar-refractivity contribution in [1.29, 1.82) is 0 Å². The van der Waals surface area contributed by atoms with Gasteiger partial charge in [-0.1, -0.05) is 42.3 Å². The summed E-state index contributed by atoms with van der Waals surface area (Å²) in [6, 6.07) is 15.1. The molecule has 1 fully saturated rings. The average Bonchev–Trinajstić information content (AvgIpc) is 3.58. The molecule has 1 saturated carbocycles. The molecule has 0 radical (unpaired) electrons. The SMILES string of the molecule is COc1ccc(N(C(=O)/C=C/C(=O)Nc2cc(C)on2)[C@@H](C(=O)NC2CCCC2)c2ccccc2C)cc1. The number of ether oxygens (including phenoxy) is 1. The molecule has 3 amide bonds. The van der Waals surface area contributed by atoms with Crippen LogP contribution in [0.5, 0.6) is 5.75 Å². The van der Waals surface area contributed by atoms with Crippen LogP contribution in [0.1, 0.15) is 48.6 Å². The Bertz CT molecular complexity index is 1310. The summed E-state index contributed by atoms with van der Waals surface area (Å²) in [7, 11) is 1.56. The quantitative estimate of drug-likeness (QED) is 0.401. The molecule has 1 heterocycles. The third-order valence-electron chi connectivity index (χ3n) is 6.54. The molecule has 2 aromatic carbocycles. The maximum absolute atomic E-state index is 13.8. The number of anilines is 2.